The molecule has 0 radical (unpaired) electrons. The van der Waals surface area contributed by atoms with E-state index < -0.39 is 11.6 Å². The Balaban J connectivity index is 0.000000172. The van der Waals surface area contributed by atoms with E-state index in [2.05, 4.69) is 60.5 Å². The molecule has 0 saturated heterocycles. The lowest BCUT2D eigenvalue weighted by atomic mass is 10.2. The second-order valence-corrected chi connectivity index (χ2v) is 9.97. The fraction of sp³-hybridized carbons (Fsp3) is 0. The molecule has 45 heavy (non-hydrogen) atoms. The quantitative estimate of drug-likeness (QED) is 0.156. The summed E-state index contributed by atoms with van der Waals surface area (Å²) in [5, 5.41) is 25.7. The average Bonchev–Trinajstić information content (AvgIpc) is 3.74. The van der Waals surface area contributed by atoms with Gasteiger partial charge in [0, 0.05) is 24.8 Å². The molecule has 0 aliphatic carbocycles. The van der Waals surface area contributed by atoms with Crippen LogP contribution in [-0.4, -0.2) is 29.5 Å². The molecular weight excluding hydrogens is 685 g/mol. The van der Waals surface area contributed by atoms with Crippen LogP contribution in [0.5, 0.6) is 0 Å². The van der Waals surface area contributed by atoms with Gasteiger partial charge in [-0.2, -0.15) is 20.7 Å². The Labute approximate surface area is 271 Å². The SMILES string of the molecule is C#Cc1ccccn1.N#Cc1cc(F)cc(-n2cc(C#Cc3ccccn3)cn2)c1.N#Cc1cc(F)cc(-n2cc(I)cn2)c1. The van der Waals surface area contributed by atoms with Crippen LogP contribution < -0.4 is 0 Å². The molecule has 0 amide bonds. The van der Waals surface area contributed by atoms with Crippen molar-refractivity contribution in [3.63, 3.8) is 0 Å². The highest BCUT2D eigenvalue weighted by Crippen LogP contribution is 2.15. The highest BCUT2D eigenvalue weighted by Gasteiger charge is 2.05. The van der Waals surface area contributed by atoms with Crippen molar-refractivity contribution in [1.29, 1.82) is 10.5 Å². The number of pyridine rings is 2. The summed E-state index contributed by atoms with van der Waals surface area (Å²) in [5.74, 6) is 7.36. The number of hydrogen-bond donors (Lipinski definition) is 0. The summed E-state index contributed by atoms with van der Waals surface area (Å²) in [4.78, 5) is 7.97. The summed E-state index contributed by atoms with van der Waals surface area (Å²) in [7, 11) is 0. The molecule has 0 aliphatic rings. The number of nitriles is 2. The van der Waals surface area contributed by atoms with Gasteiger partial charge < -0.3 is 0 Å². The maximum atomic E-state index is 13.4. The third kappa shape index (κ3) is 9.69. The van der Waals surface area contributed by atoms with E-state index in [4.69, 9.17) is 16.9 Å². The van der Waals surface area contributed by atoms with E-state index in [1.807, 2.05) is 42.5 Å². The summed E-state index contributed by atoms with van der Waals surface area (Å²) < 4.78 is 30.5. The lowest BCUT2D eigenvalue weighted by Gasteiger charge is -2.01. The van der Waals surface area contributed by atoms with Crippen molar-refractivity contribution >= 4 is 22.6 Å². The van der Waals surface area contributed by atoms with Crippen molar-refractivity contribution in [2.45, 2.75) is 0 Å². The van der Waals surface area contributed by atoms with Crippen LogP contribution in [0.25, 0.3) is 11.4 Å². The zero-order chi connectivity index (χ0) is 32.0. The van der Waals surface area contributed by atoms with Crippen LogP contribution in [0.1, 0.15) is 28.1 Å². The molecule has 4 aromatic heterocycles. The highest BCUT2D eigenvalue weighted by molar-refractivity contribution is 14.1. The number of nitrogens with zero attached hydrogens (tertiary/aromatic N) is 8. The van der Waals surface area contributed by atoms with Crippen molar-refractivity contribution in [1.82, 2.24) is 29.5 Å². The fourth-order valence-electron chi connectivity index (χ4n) is 3.53. The molecule has 0 saturated carbocycles. The zero-order valence-corrected chi connectivity index (χ0v) is 25.3. The Kier molecular flexibility index (Phi) is 11.2. The normalized spacial score (nSPS) is 9.42. The number of aromatic nitrogens is 6. The molecule has 0 spiro atoms. The summed E-state index contributed by atoms with van der Waals surface area (Å²) in [6.07, 6.45) is 15.1. The van der Waals surface area contributed by atoms with Gasteiger partial charge in [0.15, 0.2) is 0 Å². The molecule has 8 nitrogen and oxygen atoms in total. The van der Waals surface area contributed by atoms with E-state index >= 15 is 0 Å². The number of terminal acetylenes is 1. The molecule has 0 unspecified atom stereocenters. The smallest absolute Gasteiger partial charge is 0.126 e. The second-order valence-electron chi connectivity index (χ2n) is 8.72. The molecule has 0 bridgehead atoms. The van der Waals surface area contributed by atoms with Gasteiger partial charge in [-0.15, -0.1) is 6.42 Å². The van der Waals surface area contributed by atoms with E-state index in [9.17, 15) is 8.78 Å². The molecule has 6 rings (SSSR count). The first-order valence-electron chi connectivity index (χ1n) is 12.8. The lowest BCUT2D eigenvalue weighted by molar-refractivity contribution is 0.624. The molecule has 0 N–H and O–H groups in total. The topological polar surface area (TPSA) is 109 Å². The summed E-state index contributed by atoms with van der Waals surface area (Å²) in [6.45, 7) is 0. The Morgan fingerprint density at radius 3 is 1.69 bits per heavy atom. The molecule has 0 atom stereocenters. The molecule has 4 heterocycles. The molecule has 2 aromatic carbocycles. The van der Waals surface area contributed by atoms with Crippen LogP contribution in [0, 0.1) is 62.1 Å². The van der Waals surface area contributed by atoms with Crippen molar-refractivity contribution in [3.8, 4) is 47.7 Å². The summed E-state index contributed by atoms with van der Waals surface area (Å²) in [5.41, 5.74) is 3.58. The van der Waals surface area contributed by atoms with Crippen LogP contribution in [-0.2, 0) is 0 Å². The molecule has 0 aliphatic heterocycles. The first-order valence-corrected chi connectivity index (χ1v) is 13.9. The Morgan fingerprint density at radius 1 is 0.667 bits per heavy atom. The second kappa shape index (κ2) is 15.9. The van der Waals surface area contributed by atoms with Crippen molar-refractivity contribution in [2.75, 3.05) is 0 Å². The predicted molar refractivity (Wildman–Crippen MR) is 172 cm³/mol. The van der Waals surface area contributed by atoms with Gasteiger partial charge in [0.05, 0.1) is 56.2 Å². The molecular formula is C34H19F2IN8. The predicted octanol–water partition coefficient (Wildman–Crippen LogP) is 6.23. The van der Waals surface area contributed by atoms with Gasteiger partial charge in [-0.3, -0.25) is 0 Å². The van der Waals surface area contributed by atoms with Crippen LogP contribution >= 0.6 is 22.6 Å². The van der Waals surface area contributed by atoms with E-state index in [1.165, 1.54) is 33.6 Å². The lowest BCUT2D eigenvalue weighted by Crippen LogP contribution is -1.96. The molecule has 0 fully saturated rings. The van der Waals surface area contributed by atoms with Crippen molar-refractivity contribution in [2.24, 2.45) is 0 Å². The van der Waals surface area contributed by atoms with Crippen LogP contribution in [0.2, 0.25) is 0 Å². The van der Waals surface area contributed by atoms with Gasteiger partial charge in [-0.1, -0.05) is 24.0 Å². The number of benzene rings is 2. The van der Waals surface area contributed by atoms with Gasteiger partial charge in [-0.25, -0.2) is 28.1 Å². The van der Waals surface area contributed by atoms with Gasteiger partial charge in [-0.05, 0) is 89.2 Å². The van der Waals surface area contributed by atoms with Gasteiger partial charge in [0.1, 0.15) is 23.0 Å². The first kappa shape index (κ1) is 31.8. The Bertz CT molecular complexity index is 2090. The van der Waals surface area contributed by atoms with Crippen LogP contribution in [0.15, 0.2) is 110 Å². The zero-order valence-electron chi connectivity index (χ0n) is 23.2. The van der Waals surface area contributed by atoms with Gasteiger partial charge in [0.25, 0.3) is 0 Å². The maximum Gasteiger partial charge on any atom is 0.126 e. The monoisotopic (exact) mass is 704 g/mol. The van der Waals surface area contributed by atoms with E-state index in [0.29, 0.717) is 28.3 Å². The minimum Gasteiger partial charge on any atom is -0.248 e. The maximum absolute atomic E-state index is 13.4. The fourth-order valence-corrected chi connectivity index (χ4v) is 3.92. The van der Waals surface area contributed by atoms with Crippen LogP contribution in [0.3, 0.4) is 0 Å². The minimum absolute atomic E-state index is 0.242. The third-order valence-electron chi connectivity index (χ3n) is 5.50. The summed E-state index contributed by atoms with van der Waals surface area (Å²) in [6, 6.07) is 23.0. The van der Waals surface area contributed by atoms with Crippen LogP contribution in [0.4, 0.5) is 8.78 Å². The number of rotatable bonds is 2. The third-order valence-corrected chi connectivity index (χ3v) is 6.06. The molecule has 216 valence electrons. The highest BCUT2D eigenvalue weighted by atomic mass is 127. The van der Waals surface area contributed by atoms with Crippen molar-refractivity contribution in [3.05, 3.63) is 153 Å². The van der Waals surface area contributed by atoms with Gasteiger partial charge >= 0.3 is 0 Å². The average molecular weight is 704 g/mol. The van der Waals surface area contributed by atoms with E-state index in [0.717, 1.165) is 3.57 Å². The number of hydrogen-bond acceptors (Lipinski definition) is 6. The Hall–Kier alpha value is -6.15. The molecule has 6 aromatic rings. The molecule has 11 heteroatoms. The summed E-state index contributed by atoms with van der Waals surface area (Å²) >= 11 is 2.11. The standard InChI is InChI=1S/C17H9FN4.C10H5FIN3.C7H5N/c18-15-7-14(10-19)8-17(9-15)22-12-13(11-21-22)4-5-16-3-1-2-6-20-16;11-8-1-7(4-13)2-10(3-8)15-6-9(12)5-14-15;1-2-7-5-3-4-6-8-7/h1-3,6-9,11-12H;1-3,5-6H;1,3-6H. The minimum atomic E-state index is -0.481. The van der Waals surface area contributed by atoms with E-state index in [-0.39, 0.29) is 11.1 Å². The first-order chi connectivity index (χ1) is 21.9. The largest absolute Gasteiger partial charge is 0.248 e. The van der Waals surface area contributed by atoms with Gasteiger partial charge in [0.2, 0.25) is 0 Å². The van der Waals surface area contributed by atoms with Crippen molar-refractivity contribution < 1.29 is 8.78 Å². The van der Waals surface area contributed by atoms with E-state index in [1.54, 1.807) is 55.4 Å². The number of halogens is 3. The Morgan fingerprint density at radius 2 is 1.22 bits per heavy atom.